The molecule has 0 bridgehead atoms. The van der Waals surface area contributed by atoms with Crippen molar-refractivity contribution in [2.75, 3.05) is 5.73 Å². The fourth-order valence-electron chi connectivity index (χ4n) is 2.27. The number of aryl methyl sites for hydroxylation is 2. The number of nitrogens with zero attached hydrogens (tertiary/aromatic N) is 3. The van der Waals surface area contributed by atoms with Crippen molar-refractivity contribution in [1.82, 2.24) is 20.5 Å². The van der Waals surface area contributed by atoms with Gasteiger partial charge in [-0.25, -0.2) is 0 Å². The van der Waals surface area contributed by atoms with Crippen LogP contribution in [0.3, 0.4) is 0 Å². The summed E-state index contributed by atoms with van der Waals surface area (Å²) in [7, 11) is 0. The number of aliphatic hydroxyl groups is 1. The van der Waals surface area contributed by atoms with Gasteiger partial charge in [-0.3, -0.25) is 10.3 Å². The highest BCUT2D eigenvalue weighted by atomic mass is 32.1. The molecule has 7 heteroatoms. The summed E-state index contributed by atoms with van der Waals surface area (Å²) in [6.45, 7) is 4.40. The zero-order valence-corrected chi connectivity index (χ0v) is 13.2. The fourth-order valence-corrected chi connectivity index (χ4v) is 3.33. The molecule has 0 saturated heterocycles. The van der Waals surface area contributed by atoms with E-state index in [1.54, 1.807) is 12.4 Å². The second-order valence-electron chi connectivity index (χ2n) is 5.11. The maximum atomic E-state index is 10.4. The summed E-state index contributed by atoms with van der Waals surface area (Å²) in [4.78, 5) is 5.39. The number of hydrogen-bond donors (Lipinski definition) is 3. The van der Waals surface area contributed by atoms with Crippen molar-refractivity contribution in [3.63, 3.8) is 0 Å². The third kappa shape index (κ3) is 2.66. The number of thiophene rings is 1. The molecular formula is C15H17N5OS. The zero-order valence-electron chi connectivity index (χ0n) is 12.4. The van der Waals surface area contributed by atoms with E-state index in [1.165, 1.54) is 11.3 Å². The van der Waals surface area contributed by atoms with Crippen LogP contribution in [0.1, 0.15) is 27.9 Å². The Morgan fingerprint density at radius 2 is 2.00 bits per heavy atom. The Labute approximate surface area is 132 Å². The first kappa shape index (κ1) is 14.8. The van der Waals surface area contributed by atoms with E-state index in [9.17, 15) is 5.11 Å². The number of aliphatic hydroxyl groups excluding tert-OH is 1. The van der Waals surface area contributed by atoms with E-state index in [4.69, 9.17) is 5.73 Å². The third-order valence-electron chi connectivity index (χ3n) is 3.66. The van der Waals surface area contributed by atoms with Crippen molar-refractivity contribution in [3.05, 3.63) is 46.2 Å². The first-order valence-electron chi connectivity index (χ1n) is 6.90. The molecule has 0 aliphatic carbocycles. The maximum Gasteiger partial charge on any atom is 0.148 e. The van der Waals surface area contributed by atoms with Crippen molar-refractivity contribution in [1.29, 1.82) is 0 Å². The maximum absolute atomic E-state index is 10.4. The monoisotopic (exact) mass is 315 g/mol. The number of pyridine rings is 1. The van der Waals surface area contributed by atoms with Crippen LogP contribution >= 0.6 is 11.3 Å². The minimum Gasteiger partial charge on any atom is -0.397 e. The molecule has 0 aliphatic rings. The summed E-state index contributed by atoms with van der Waals surface area (Å²) in [5.74, 6) is 0. The predicted octanol–water partition coefficient (Wildman–Crippen LogP) is 2.07. The topological polar surface area (TPSA) is 97.0 Å². The van der Waals surface area contributed by atoms with Crippen molar-refractivity contribution >= 4 is 27.2 Å². The van der Waals surface area contributed by atoms with Gasteiger partial charge in [-0.2, -0.15) is 5.10 Å². The fraction of sp³-hybridized carbons (Fsp3) is 0.267. The van der Waals surface area contributed by atoms with E-state index in [1.807, 2.05) is 26.0 Å². The van der Waals surface area contributed by atoms with E-state index in [2.05, 4.69) is 20.5 Å². The standard InChI is InChI=1S/C15H17N5OS/c1-8-9(2)19-20-15-11(8)12(16)13(22-15)14(21)18-7-10-3-5-17-6-4-10/h3-6,14,18,21H,7,16H2,1-2H3. The highest BCUT2D eigenvalue weighted by molar-refractivity contribution is 7.19. The molecule has 22 heavy (non-hydrogen) atoms. The van der Waals surface area contributed by atoms with Crippen LogP contribution in [0, 0.1) is 13.8 Å². The number of rotatable bonds is 4. The quantitative estimate of drug-likeness (QED) is 0.638. The molecule has 4 N–H and O–H groups in total. The Morgan fingerprint density at radius 3 is 2.73 bits per heavy atom. The molecule has 3 aromatic heterocycles. The highest BCUT2D eigenvalue weighted by Crippen LogP contribution is 2.37. The SMILES string of the molecule is Cc1nnc2sc(C(O)NCc3ccncc3)c(N)c2c1C. The Kier molecular flexibility index (Phi) is 4.02. The molecule has 114 valence electrons. The van der Waals surface area contributed by atoms with Crippen molar-refractivity contribution < 1.29 is 5.11 Å². The first-order chi connectivity index (χ1) is 10.6. The number of anilines is 1. The molecule has 0 aliphatic heterocycles. The molecule has 1 atom stereocenters. The summed E-state index contributed by atoms with van der Waals surface area (Å²) >= 11 is 1.37. The van der Waals surface area contributed by atoms with Crippen LogP contribution < -0.4 is 11.1 Å². The molecule has 1 unspecified atom stereocenters. The lowest BCUT2D eigenvalue weighted by Gasteiger charge is -2.12. The van der Waals surface area contributed by atoms with Gasteiger partial charge in [-0.1, -0.05) is 0 Å². The van der Waals surface area contributed by atoms with E-state index in [-0.39, 0.29) is 0 Å². The summed E-state index contributed by atoms with van der Waals surface area (Å²) in [6, 6.07) is 3.79. The largest absolute Gasteiger partial charge is 0.397 e. The van der Waals surface area contributed by atoms with Crippen molar-refractivity contribution in [2.45, 2.75) is 26.6 Å². The molecule has 0 saturated carbocycles. The molecule has 0 aromatic carbocycles. The molecule has 3 rings (SSSR count). The highest BCUT2D eigenvalue weighted by Gasteiger charge is 2.19. The van der Waals surface area contributed by atoms with Crippen LogP contribution in [0.2, 0.25) is 0 Å². The van der Waals surface area contributed by atoms with Crippen LogP contribution in [0.4, 0.5) is 5.69 Å². The van der Waals surface area contributed by atoms with Crippen LogP contribution in [-0.2, 0) is 6.54 Å². The lowest BCUT2D eigenvalue weighted by Crippen LogP contribution is -2.20. The van der Waals surface area contributed by atoms with Crippen LogP contribution in [0.5, 0.6) is 0 Å². The van der Waals surface area contributed by atoms with E-state index >= 15 is 0 Å². The number of nitrogens with one attached hydrogen (secondary N) is 1. The van der Waals surface area contributed by atoms with E-state index in [0.29, 0.717) is 17.1 Å². The molecule has 0 fully saturated rings. The molecule has 3 aromatic rings. The molecule has 6 nitrogen and oxygen atoms in total. The van der Waals surface area contributed by atoms with Gasteiger partial charge in [0.25, 0.3) is 0 Å². The molecule has 0 amide bonds. The van der Waals surface area contributed by atoms with Gasteiger partial charge in [0.15, 0.2) is 0 Å². The van der Waals surface area contributed by atoms with Crippen molar-refractivity contribution in [2.24, 2.45) is 0 Å². The Morgan fingerprint density at radius 1 is 1.27 bits per heavy atom. The summed E-state index contributed by atoms with van der Waals surface area (Å²) in [5, 5.41) is 22.6. The van der Waals surface area contributed by atoms with Gasteiger partial charge in [-0.15, -0.1) is 16.4 Å². The molecule has 3 heterocycles. The number of aromatic nitrogens is 3. The predicted molar refractivity (Wildman–Crippen MR) is 87.3 cm³/mol. The molecule has 0 spiro atoms. The number of nitrogen functional groups attached to an aromatic ring is 1. The number of nitrogens with two attached hydrogens (primary N) is 1. The Balaban J connectivity index is 1.86. The minimum atomic E-state index is -0.841. The minimum absolute atomic E-state index is 0.529. The van der Waals surface area contributed by atoms with E-state index in [0.717, 1.165) is 27.0 Å². The second kappa shape index (κ2) is 5.96. The van der Waals surface area contributed by atoms with E-state index < -0.39 is 6.23 Å². The lowest BCUT2D eigenvalue weighted by molar-refractivity contribution is 0.141. The van der Waals surface area contributed by atoms with Gasteiger partial charge in [-0.05, 0) is 37.1 Å². The van der Waals surface area contributed by atoms with Gasteiger partial charge >= 0.3 is 0 Å². The van der Waals surface area contributed by atoms with Crippen LogP contribution in [-0.4, -0.2) is 20.3 Å². The zero-order chi connectivity index (χ0) is 15.7. The van der Waals surface area contributed by atoms with Gasteiger partial charge < -0.3 is 10.8 Å². The summed E-state index contributed by atoms with van der Waals surface area (Å²) in [5.41, 5.74) is 9.68. The normalized spacial score (nSPS) is 12.7. The van der Waals surface area contributed by atoms with Gasteiger partial charge in [0.05, 0.1) is 16.3 Å². The third-order valence-corrected chi connectivity index (χ3v) is 4.80. The average molecular weight is 315 g/mol. The average Bonchev–Trinajstić information content (AvgIpc) is 2.87. The number of fused-ring (bicyclic) bond motifs is 1. The lowest BCUT2D eigenvalue weighted by atomic mass is 10.1. The second-order valence-corrected chi connectivity index (χ2v) is 6.14. The first-order valence-corrected chi connectivity index (χ1v) is 7.71. The Hall–Kier alpha value is -2.09. The number of hydrogen-bond acceptors (Lipinski definition) is 7. The molecule has 0 radical (unpaired) electrons. The van der Waals surface area contributed by atoms with Gasteiger partial charge in [0, 0.05) is 24.3 Å². The summed E-state index contributed by atoms with van der Waals surface area (Å²) < 4.78 is 0. The van der Waals surface area contributed by atoms with Gasteiger partial charge in [0.1, 0.15) is 11.1 Å². The summed E-state index contributed by atoms with van der Waals surface area (Å²) in [6.07, 6.45) is 2.60. The van der Waals surface area contributed by atoms with Crippen LogP contribution in [0.25, 0.3) is 10.2 Å². The van der Waals surface area contributed by atoms with Crippen LogP contribution in [0.15, 0.2) is 24.5 Å². The van der Waals surface area contributed by atoms with Crippen molar-refractivity contribution in [3.8, 4) is 0 Å². The Bertz CT molecular complexity index is 803. The molecular weight excluding hydrogens is 298 g/mol. The smallest absolute Gasteiger partial charge is 0.148 e. The van der Waals surface area contributed by atoms with Gasteiger partial charge in [0.2, 0.25) is 0 Å².